The van der Waals surface area contributed by atoms with Crippen LogP contribution in [0.2, 0.25) is 0 Å². The predicted octanol–water partition coefficient (Wildman–Crippen LogP) is 2.56. The molecule has 0 aromatic carbocycles. The molecular weight excluding hydrogens is 362 g/mol. The van der Waals surface area contributed by atoms with Crippen LogP contribution in [0.5, 0.6) is 0 Å². The Morgan fingerprint density at radius 1 is 1.07 bits per heavy atom. The molecule has 0 atom stereocenters. The molecule has 0 spiro atoms. The van der Waals surface area contributed by atoms with Gasteiger partial charge in [0.25, 0.3) is 0 Å². The van der Waals surface area contributed by atoms with Crippen molar-refractivity contribution in [2.45, 2.75) is 63.5 Å². The number of carbonyl (C=O) groups is 2. The van der Waals surface area contributed by atoms with E-state index in [0.717, 1.165) is 36.3 Å². The van der Waals surface area contributed by atoms with Crippen molar-refractivity contribution in [3.8, 4) is 0 Å². The van der Waals surface area contributed by atoms with E-state index in [2.05, 4.69) is 15.6 Å². The van der Waals surface area contributed by atoms with E-state index >= 15 is 0 Å². The van der Waals surface area contributed by atoms with Gasteiger partial charge in [0.05, 0.1) is 12.1 Å². The standard InChI is InChI=1S/C19H27N5O2S/c25-17(12-16-13-24-10-11-27-19(24)22-16)23-8-6-15(7-9-23)21-18(26)20-14-4-2-1-3-5-14/h10-11,13-15H,1-9,12H2,(H2,20,21,26). The van der Waals surface area contributed by atoms with Gasteiger partial charge in [-0.3, -0.25) is 9.20 Å². The zero-order valence-electron chi connectivity index (χ0n) is 15.5. The minimum Gasteiger partial charge on any atom is -0.342 e. The average molecular weight is 390 g/mol. The van der Waals surface area contributed by atoms with Gasteiger partial charge >= 0.3 is 6.03 Å². The summed E-state index contributed by atoms with van der Waals surface area (Å²) in [7, 11) is 0. The number of nitrogens with zero attached hydrogens (tertiary/aromatic N) is 3. The number of hydrogen-bond donors (Lipinski definition) is 2. The van der Waals surface area contributed by atoms with Gasteiger partial charge in [-0.25, -0.2) is 9.78 Å². The number of piperidine rings is 1. The molecule has 27 heavy (non-hydrogen) atoms. The molecule has 2 N–H and O–H groups in total. The number of amides is 3. The largest absolute Gasteiger partial charge is 0.342 e. The first kappa shape index (κ1) is 18.3. The minimum absolute atomic E-state index is 0.0512. The SMILES string of the molecule is O=C(NC1CCCCC1)NC1CCN(C(=O)Cc2cn3ccsc3n2)CC1. The van der Waals surface area contributed by atoms with Crippen LogP contribution in [0.1, 0.15) is 50.6 Å². The van der Waals surface area contributed by atoms with Gasteiger partial charge in [-0.05, 0) is 25.7 Å². The van der Waals surface area contributed by atoms with Crippen molar-refractivity contribution in [2.24, 2.45) is 0 Å². The van der Waals surface area contributed by atoms with E-state index in [9.17, 15) is 9.59 Å². The van der Waals surface area contributed by atoms with Crippen LogP contribution < -0.4 is 10.6 Å². The Kier molecular flexibility index (Phi) is 5.61. The van der Waals surface area contributed by atoms with Crippen molar-refractivity contribution in [3.05, 3.63) is 23.5 Å². The zero-order valence-corrected chi connectivity index (χ0v) is 16.3. The number of imidazole rings is 1. The summed E-state index contributed by atoms with van der Waals surface area (Å²) in [6.07, 6.45) is 11.7. The van der Waals surface area contributed by atoms with Gasteiger partial charge in [-0.2, -0.15) is 0 Å². The first-order valence-corrected chi connectivity index (χ1v) is 10.8. The molecule has 1 aliphatic heterocycles. The molecule has 0 radical (unpaired) electrons. The van der Waals surface area contributed by atoms with Crippen molar-refractivity contribution >= 4 is 28.2 Å². The van der Waals surface area contributed by atoms with E-state index in [-0.39, 0.29) is 18.0 Å². The van der Waals surface area contributed by atoms with Gasteiger partial charge < -0.3 is 15.5 Å². The van der Waals surface area contributed by atoms with E-state index in [1.165, 1.54) is 19.3 Å². The molecule has 8 heteroatoms. The van der Waals surface area contributed by atoms with Gasteiger partial charge in [0.1, 0.15) is 0 Å². The topological polar surface area (TPSA) is 78.7 Å². The van der Waals surface area contributed by atoms with Gasteiger partial charge in [0.2, 0.25) is 5.91 Å². The lowest BCUT2D eigenvalue weighted by atomic mass is 9.96. The molecule has 4 rings (SSSR count). The molecule has 3 heterocycles. The number of hydrogen-bond acceptors (Lipinski definition) is 4. The molecule has 2 aliphatic rings. The summed E-state index contributed by atoms with van der Waals surface area (Å²) < 4.78 is 1.95. The van der Waals surface area contributed by atoms with Crippen molar-refractivity contribution in [1.29, 1.82) is 0 Å². The molecule has 2 aromatic rings. The van der Waals surface area contributed by atoms with Crippen LogP contribution in [0.3, 0.4) is 0 Å². The van der Waals surface area contributed by atoms with Crippen molar-refractivity contribution in [3.63, 3.8) is 0 Å². The maximum atomic E-state index is 12.5. The van der Waals surface area contributed by atoms with Crippen LogP contribution >= 0.6 is 11.3 Å². The lowest BCUT2D eigenvalue weighted by Crippen LogP contribution is -2.51. The van der Waals surface area contributed by atoms with E-state index < -0.39 is 0 Å². The summed E-state index contributed by atoms with van der Waals surface area (Å²) in [5, 5.41) is 8.17. The summed E-state index contributed by atoms with van der Waals surface area (Å²) in [5.41, 5.74) is 0.818. The third-order valence-electron chi connectivity index (χ3n) is 5.60. The van der Waals surface area contributed by atoms with Gasteiger partial charge in [-0.15, -0.1) is 11.3 Å². The predicted molar refractivity (Wildman–Crippen MR) is 105 cm³/mol. The van der Waals surface area contributed by atoms with Crippen LogP contribution in [-0.4, -0.2) is 51.4 Å². The Balaban J connectivity index is 1.20. The van der Waals surface area contributed by atoms with Crippen LogP contribution in [0, 0.1) is 0 Å². The highest BCUT2D eigenvalue weighted by molar-refractivity contribution is 7.15. The van der Waals surface area contributed by atoms with E-state index in [1.54, 1.807) is 11.3 Å². The summed E-state index contributed by atoms with van der Waals surface area (Å²) in [4.78, 5) is 32.0. The Morgan fingerprint density at radius 3 is 2.48 bits per heavy atom. The molecule has 1 saturated heterocycles. The first-order chi connectivity index (χ1) is 13.2. The number of carbonyl (C=O) groups excluding carboxylic acids is 2. The number of thiazole rings is 1. The van der Waals surface area contributed by atoms with Crippen molar-refractivity contribution in [2.75, 3.05) is 13.1 Å². The average Bonchev–Trinajstić information content (AvgIpc) is 3.24. The number of urea groups is 1. The summed E-state index contributed by atoms with van der Waals surface area (Å²) in [6, 6.07) is 0.422. The Bertz CT molecular complexity index is 758. The number of likely N-dealkylation sites (tertiary alicyclic amines) is 1. The van der Waals surface area contributed by atoms with Gasteiger partial charge in [0.15, 0.2) is 4.96 Å². The molecule has 3 amide bonds. The third kappa shape index (κ3) is 4.61. The van der Waals surface area contributed by atoms with Crippen molar-refractivity contribution < 1.29 is 9.59 Å². The molecule has 1 aliphatic carbocycles. The maximum absolute atomic E-state index is 12.5. The highest BCUT2D eigenvalue weighted by Crippen LogP contribution is 2.18. The minimum atomic E-state index is -0.0512. The van der Waals surface area contributed by atoms with Gasteiger partial charge in [-0.1, -0.05) is 19.3 Å². The Hall–Kier alpha value is -2.09. The lowest BCUT2D eigenvalue weighted by Gasteiger charge is -2.33. The Morgan fingerprint density at radius 2 is 1.78 bits per heavy atom. The number of nitrogens with one attached hydrogen (secondary N) is 2. The normalized spacial score (nSPS) is 19.3. The maximum Gasteiger partial charge on any atom is 0.315 e. The summed E-state index contributed by atoms with van der Waals surface area (Å²) in [5.74, 6) is 0.117. The highest BCUT2D eigenvalue weighted by Gasteiger charge is 2.25. The third-order valence-corrected chi connectivity index (χ3v) is 6.37. The summed E-state index contributed by atoms with van der Waals surface area (Å²) in [6.45, 7) is 1.38. The van der Waals surface area contributed by atoms with Gasteiger partial charge in [0, 0.05) is 42.9 Å². The van der Waals surface area contributed by atoms with E-state index in [0.29, 0.717) is 25.6 Å². The van der Waals surface area contributed by atoms with Crippen LogP contribution in [0.4, 0.5) is 4.79 Å². The number of aromatic nitrogens is 2. The monoisotopic (exact) mass is 389 g/mol. The fourth-order valence-corrected chi connectivity index (χ4v) is 4.78. The lowest BCUT2D eigenvalue weighted by molar-refractivity contribution is -0.131. The highest BCUT2D eigenvalue weighted by atomic mass is 32.1. The zero-order chi connectivity index (χ0) is 18.6. The number of rotatable bonds is 4. The van der Waals surface area contributed by atoms with Crippen LogP contribution in [0.15, 0.2) is 17.8 Å². The fraction of sp³-hybridized carbons (Fsp3) is 0.632. The van der Waals surface area contributed by atoms with E-state index in [4.69, 9.17) is 0 Å². The number of fused-ring (bicyclic) bond motifs is 1. The second-order valence-corrected chi connectivity index (χ2v) is 8.48. The molecule has 2 fully saturated rings. The molecule has 146 valence electrons. The molecule has 0 bridgehead atoms. The van der Waals surface area contributed by atoms with E-state index in [1.807, 2.05) is 27.1 Å². The first-order valence-electron chi connectivity index (χ1n) is 9.93. The van der Waals surface area contributed by atoms with Crippen molar-refractivity contribution in [1.82, 2.24) is 24.9 Å². The molecule has 2 aromatic heterocycles. The molecule has 0 unspecified atom stereocenters. The second-order valence-electron chi connectivity index (χ2n) is 7.61. The van der Waals surface area contributed by atoms with Crippen LogP contribution in [0.25, 0.3) is 4.96 Å². The second kappa shape index (κ2) is 8.29. The molecular formula is C19H27N5O2S. The smallest absolute Gasteiger partial charge is 0.315 e. The van der Waals surface area contributed by atoms with Crippen LogP contribution in [-0.2, 0) is 11.2 Å². The fourth-order valence-electron chi connectivity index (χ4n) is 4.06. The summed E-state index contributed by atoms with van der Waals surface area (Å²) >= 11 is 1.57. The quantitative estimate of drug-likeness (QED) is 0.844. The Labute approximate surface area is 163 Å². The molecule has 7 nitrogen and oxygen atoms in total. The molecule has 1 saturated carbocycles.